The first kappa shape index (κ1) is 20.3. The maximum Gasteiger partial charge on any atom is 0.304 e. The second-order valence-electron chi connectivity index (χ2n) is 7.46. The Morgan fingerprint density at radius 1 is 1.00 bits per heavy atom. The van der Waals surface area contributed by atoms with E-state index in [9.17, 15) is 9.59 Å². The Bertz CT molecular complexity index is 1110. The number of nitrogens with zero attached hydrogens (tertiary/aromatic N) is 1. The first-order chi connectivity index (χ1) is 15.0. The molecule has 2 N–H and O–H groups in total. The molecule has 0 radical (unpaired) electrons. The smallest absolute Gasteiger partial charge is 0.304 e. The van der Waals surface area contributed by atoms with E-state index in [0.717, 1.165) is 22.4 Å². The third-order valence-electron chi connectivity index (χ3n) is 5.28. The Kier molecular flexibility index (Phi) is 5.80. The molecule has 1 heterocycles. The van der Waals surface area contributed by atoms with Crippen LogP contribution in [0.1, 0.15) is 33.1 Å². The van der Waals surface area contributed by atoms with Crippen LogP contribution in [0.5, 0.6) is 5.75 Å². The summed E-state index contributed by atoms with van der Waals surface area (Å²) in [5, 5.41) is 2.91. The molecule has 0 bridgehead atoms. The molecule has 0 aliphatic carbocycles. The summed E-state index contributed by atoms with van der Waals surface area (Å²) in [5.41, 5.74) is 6.28. The van der Waals surface area contributed by atoms with E-state index in [-0.39, 0.29) is 11.8 Å². The van der Waals surface area contributed by atoms with E-state index in [0.29, 0.717) is 5.56 Å². The Balaban J connectivity index is 1.69. The summed E-state index contributed by atoms with van der Waals surface area (Å²) in [5.74, 6) is 0.161. The van der Waals surface area contributed by atoms with Gasteiger partial charge in [0.2, 0.25) is 12.3 Å². The van der Waals surface area contributed by atoms with Gasteiger partial charge in [0.1, 0.15) is 5.75 Å². The highest BCUT2D eigenvalue weighted by Crippen LogP contribution is 2.27. The lowest BCUT2D eigenvalue weighted by molar-refractivity contribution is -0.596. The van der Waals surface area contributed by atoms with Gasteiger partial charge in [-0.15, -0.1) is 10.1 Å². The van der Waals surface area contributed by atoms with Crippen LogP contribution in [0.3, 0.4) is 0 Å². The molecule has 6 nitrogen and oxygen atoms in total. The first-order valence-corrected chi connectivity index (χ1v) is 10.1. The number of carbonyl (C=O) groups is 2. The van der Waals surface area contributed by atoms with Crippen molar-refractivity contribution in [2.75, 3.05) is 7.11 Å². The molecule has 6 heteroatoms. The van der Waals surface area contributed by atoms with Crippen molar-refractivity contribution in [1.29, 1.82) is 0 Å². The maximum atomic E-state index is 12.9. The third-order valence-corrected chi connectivity index (χ3v) is 5.28. The number of hydrazone groups is 1. The predicted molar refractivity (Wildman–Crippen MR) is 118 cm³/mol. The minimum absolute atomic E-state index is 0.270. The molecule has 2 atom stereocenters. The molecule has 1 saturated heterocycles. The molecular formula is C25H24N3O3+. The van der Waals surface area contributed by atoms with Crippen LogP contribution in [-0.4, -0.2) is 35.9 Å². The fourth-order valence-electron chi connectivity index (χ4n) is 3.61. The van der Waals surface area contributed by atoms with Crippen molar-refractivity contribution in [3.8, 4) is 5.75 Å². The number of aryl methyl sites for hydroxylation is 1. The van der Waals surface area contributed by atoms with E-state index in [1.807, 2.05) is 79.9 Å². The maximum absolute atomic E-state index is 12.9. The summed E-state index contributed by atoms with van der Waals surface area (Å²) < 4.78 is 7.01. The standard InChI is InChI=1S/C25H23N3O3/c1-17-8-10-20(11-9-17)24(29)26-22-23(19-12-14-21(31-2)15-13-19)28(27-25(22)30)16-18-6-4-3-5-7-18/h3-16,22-23H,1-2H3,(H-,26,27,29,30)/p+1/b28-16-/t22-,23-/m0/s1. The lowest BCUT2D eigenvalue weighted by Gasteiger charge is -2.15. The van der Waals surface area contributed by atoms with Crippen LogP contribution in [0.2, 0.25) is 0 Å². The average molecular weight is 414 g/mol. The molecule has 0 saturated carbocycles. The molecular weight excluding hydrogens is 390 g/mol. The molecule has 4 rings (SSSR count). The van der Waals surface area contributed by atoms with Crippen molar-refractivity contribution in [3.05, 3.63) is 101 Å². The zero-order chi connectivity index (χ0) is 21.8. The van der Waals surface area contributed by atoms with Crippen molar-refractivity contribution >= 4 is 18.0 Å². The fourth-order valence-corrected chi connectivity index (χ4v) is 3.61. The van der Waals surface area contributed by atoms with Gasteiger partial charge in [-0.1, -0.05) is 35.9 Å². The minimum atomic E-state index is -0.762. The van der Waals surface area contributed by atoms with E-state index < -0.39 is 12.1 Å². The minimum Gasteiger partial charge on any atom is -0.497 e. The number of ether oxygens (including phenoxy) is 1. The van der Waals surface area contributed by atoms with Crippen molar-refractivity contribution < 1.29 is 19.0 Å². The Morgan fingerprint density at radius 3 is 2.32 bits per heavy atom. The second-order valence-corrected chi connectivity index (χ2v) is 7.46. The Hall–Kier alpha value is -3.93. The highest BCUT2D eigenvalue weighted by Gasteiger charge is 2.47. The number of methoxy groups -OCH3 is 1. The molecule has 156 valence electrons. The molecule has 0 unspecified atom stereocenters. The van der Waals surface area contributed by atoms with Crippen molar-refractivity contribution in [3.63, 3.8) is 0 Å². The van der Waals surface area contributed by atoms with Crippen LogP contribution in [-0.2, 0) is 4.79 Å². The first-order valence-electron chi connectivity index (χ1n) is 10.1. The summed E-state index contributed by atoms with van der Waals surface area (Å²) in [6, 6.07) is 23.3. The lowest BCUT2D eigenvalue weighted by Crippen LogP contribution is -2.42. The van der Waals surface area contributed by atoms with E-state index >= 15 is 0 Å². The molecule has 1 fully saturated rings. The molecule has 0 spiro atoms. The monoisotopic (exact) mass is 414 g/mol. The van der Waals surface area contributed by atoms with E-state index in [1.54, 1.807) is 23.9 Å². The third kappa shape index (κ3) is 4.48. The van der Waals surface area contributed by atoms with E-state index in [1.165, 1.54) is 0 Å². The van der Waals surface area contributed by atoms with Gasteiger partial charge in [-0.05, 0) is 55.5 Å². The topological polar surface area (TPSA) is 70.4 Å². The summed E-state index contributed by atoms with van der Waals surface area (Å²) in [4.78, 5) is 25.8. The number of rotatable bonds is 5. The van der Waals surface area contributed by atoms with Crippen molar-refractivity contribution in [2.45, 2.75) is 19.0 Å². The molecule has 31 heavy (non-hydrogen) atoms. The van der Waals surface area contributed by atoms with Gasteiger partial charge < -0.3 is 10.1 Å². The van der Waals surface area contributed by atoms with Crippen molar-refractivity contribution in [1.82, 2.24) is 10.7 Å². The number of nitrogens with one attached hydrogen (secondary N) is 2. The number of benzene rings is 3. The number of hydrazine groups is 1. The zero-order valence-electron chi connectivity index (χ0n) is 17.4. The summed E-state index contributed by atoms with van der Waals surface area (Å²) in [7, 11) is 1.61. The van der Waals surface area contributed by atoms with Gasteiger partial charge in [-0.3, -0.25) is 9.59 Å². The number of amides is 2. The Morgan fingerprint density at radius 2 is 1.68 bits per heavy atom. The average Bonchev–Trinajstić information content (AvgIpc) is 3.09. The normalized spacial score (nSPS) is 19.2. The molecule has 2 amide bonds. The summed E-state index contributed by atoms with van der Waals surface area (Å²) in [6.07, 6.45) is 1.87. The van der Waals surface area contributed by atoms with Gasteiger partial charge >= 0.3 is 5.91 Å². The number of hydrogen-bond donors (Lipinski definition) is 2. The van der Waals surface area contributed by atoms with Crippen LogP contribution in [0, 0.1) is 6.92 Å². The van der Waals surface area contributed by atoms with E-state index in [4.69, 9.17) is 4.74 Å². The molecule has 3 aromatic rings. The van der Waals surface area contributed by atoms with Gasteiger partial charge in [-0.2, -0.15) is 0 Å². The second kappa shape index (κ2) is 8.83. The van der Waals surface area contributed by atoms with Gasteiger partial charge in [0, 0.05) is 16.7 Å². The van der Waals surface area contributed by atoms with Crippen LogP contribution >= 0.6 is 0 Å². The van der Waals surface area contributed by atoms with Crippen LogP contribution < -0.4 is 15.5 Å². The molecule has 1 aliphatic heterocycles. The fraction of sp³-hybridized carbons (Fsp3) is 0.160. The quantitative estimate of drug-likeness (QED) is 0.631. The highest BCUT2D eigenvalue weighted by atomic mass is 16.5. The predicted octanol–water partition coefficient (Wildman–Crippen LogP) is 3.02. The van der Waals surface area contributed by atoms with Gasteiger partial charge in [0.15, 0.2) is 6.04 Å². The van der Waals surface area contributed by atoms with Gasteiger partial charge in [0.25, 0.3) is 5.91 Å². The largest absolute Gasteiger partial charge is 0.497 e. The highest BCUT2D eigenvalue weighted by molar-refractivity contribution is 5.98. The van der Waals surface area contributed by atoms with Gasteiger partial charge in [-0.25, -0.2) is 0 Å². The summed E-state index contributed by atoms with van der Waals surface area (Å²) >= 11 is 0. The summed E-state index contributed by atoms with van der Waals surface area (Å²) in [6.45, 7) is 1.96. The van der Waals surface area contributed by atoms with Crippen LogP contribution in [0.15, 0.2) is 78.9 Å². The molecule has 1 aliphatic rings. The van der Waals surface area contributed by atoms with Crippen LogP contribution in [0.25, 0.3) is 0 Å². The molecule has 0 aromatic heterocycles. The lowest BCUT2D eigenvalue weighted by atomic mass is 9.99. The molecule has 3 aromatic carbocycles. The van der Waals surface area contributed by atoms with Crippen LogP contribution in [0.4, 0.5) is 0 Å². The van der Waals surface area contributed by atoms with Gasteiger partial charge in [0.05, 0.1) is 7.11 Å². The van der Waals surface area contributed by atoms with Crippen molar-refractivity contribution in [2.24, 2.45) is 0 Å². The Labute approximate surface area is 181 Å². The SMILES string of the molecule is COc1ccc([C@H]2[C@H](NC(=O)c3ccc(C)cc3)C(=O)N/[N+]2=C\c2ccccc2)cc1. The van der Waals surface area contributed by atoms with E-state index in [2.05, 4.69) is 10.7 Å². The zero-order valence-corrected chi connectivity index (χ0v) is 17.4. The number of hydrogen-bond acceptors (Lipinski definition) is 3. The number of carbonyl (C=O) groups excluding carboxylic acids is 2.